The van der Waals surface area contributed by atoms with Crippen molar-refractivity contribution in [3.63, 3.8) is 0 Å². The summed E-state index contributed by atoms with van der Waals surface area (Å²) in [6, 6.07) is 0. The molecule has 0 aromatic rings. The molecule has 1 aliphatic heterocycles. The standard InChI is InChI=1S/C9H16IN/c1-8-3-5-9(8)4-2-6-11(10)7-9/h8H,2-7H2,1H3/t8-,9-/m0/s1. The van der Waals surface area contributed by atoms with Crippen LogP contribution in [0.15, 0.2) is 0 Å². The van der Waals surface area contributed by atoms with Gasteiger partial charge in [-0.15, -0.1) is 0 Å². The first kappa shape index (κ1) is 8.30. The Morgan fingerprint density at radius 1 is 1.45 bits per heavy atom. The van der Waals surface area contributed by atoms with E-state index < -0.39 is 0 Å². The fourth-order valence-electron chi connectivity index (χ4n) is 2.55. The summed E-state index contributed by atoms with van der Waals surface area (Å²) in [5.41, 5.74) is 0.749. The first-order valence-electron chi connectivity index (χ1n) is 4.64. The summed E-state index contributed by atoms with van der Waals surface area (Å²) in [4.78, 5) is 0. The molecule has 1 saturated carbocycles. The first-order valence-corrected chi connectivity index (χ1v) is 5.60. The van der Waals surface area contributed by atoms with Gasteiger partial charge >= 0.3 is 0 Å². The monoisotopic (exact) mass is 265 g/mol. The molecule has 0 unspecified atom stereocenters. The second-order valence-electron chi connectivity index (χ2n) is 4.25. The third kappa shape index (κ3) is 1.32. The fraction of sp³-hybridized carbons (Fsp3) is 1.00. The van der Waals surface area contributed by atoms with Crippen LogP contribution in [0.2, 0.25) is 0 Å². The van der Waals surface area contributed by atoms with Gasteiger partial charge in [0.05, 0.1) is 0 Å². The molecule has 1 heterocycles. The lowest BCUT2D eigenvalue weighted by molar-refractivity contribution is -0.00223. The van der Waals surface area contributed by atoms with Crippen LogP contribution in [0.25, 0.3) is 0 Å². The van der Waals surface area contributed by atoms with Crippen LogP contribution in [0, 0.1) is 11.3 Å². The molecule has 0 amide bonds. The smallest absolute Gasteiger partial charge is 0.0201 e. The maximum absolute atomic E-state index is 2.48. The van der Waals surface area contributed by atoms with Gasteiger partial charge in [0.25, 0.3) is 0 Å². The zero-order valence-corrected chi connectivity index (χ0v) is 9.30. The topological polar surface area (TPSA) is 3.24 Å². The molecule has 2 atom stereocenters. The van der Waals surface area contributed by atoms with Crippen LogP contribution in [0.4, 0.5) is 0 Å². The Morgan fingerprint density at radius 3 is 2.64 bits per heavy atom. The molecule has 2 fully saturated rings. The second-order valence-corrected chi connectivity index (χ2v) is 5.61. The highest BCUT2D eigenvalue weighted by Gasteiger charge is 2.45. The SMILES string of the molecule is C[C@H]1CC[C@]12CCCN(I)C2. The molecule has 1 spiro atoms. The van der Waals surface area contributed by atoms with Crippen molar-refractivity contribution in [1.29, 1.82) is 0 Å². The van der Waals surface area contributed by atoms with Crippen molar-refractivity contribution in [3.8, 4) is 0 Å². The zero-order valence-electron chi connectivity index (χ0n) is 7.15. The van der Waals surface area contributed by atoms with E-state index in [0.29, 0.717) is 0 Å². The van der Waals surface area contributed by atoms with Gasteiger partial charge in [-0.1, -0.05) is 6.92 Å². The molecule has 0 N–H and O–H groups in total. The number of nitrogens with zero attached hydrogens (tertiary/aromatic N) is 1. The maximum atomic E-state index is 2.48. The van der Waals surface area contributed by atoms with Gasteiger partial charge in [0.2, 0.25) is 0 Å². The third-order valence-electron chi connectivity index (χ3n) is 3.68. The molecule has 64 valence electrons. The minimum absolute atomic E-state index is 0.749. The quantitative estimate of drug-likeness (QED) is 0.481. The molecule has 11 heavy (non-hydrogen) atoms. The molecule has 1 nitrogen and oxygen atoms in total. The lowest BCUT2D eigenvalue weighted by atomic mass is 9.58. The molecule has 0 radical (unpaired) electrons. The van der Waals surface area contributed by atoms with Crippen molar-refractivity contribution in [2.24, 2.45) is 11.3 Å². The van der Waals surface area contributed by atoms with Crippen molar-refractivity contribution in [2.45, 2.75) is 32.6 Å². The average Bonchev–Trinajstić information content (AvgIpc) is 2.02. The summed E-state index contributed by atoms with van der Waals surface area (Å²) in [5, 5.41) is 0. The molecule has 0 aromatic heterocycles. The largest absolute Gasteiger partial charge is 0.247 e. The highest BCUT2D eigenvalue weighted by Crippen LogP contribution is 2.52. The molecule has 1 saturated heterocycles. The Hall–Kier alpha value is 0.690. The minimum Gasteiger partial charge on any atom is -0.247 e. The highest BCUT2D eigenvalue weighted by atomic mass is 127. The average molecular weight is 265 g/mol. The van der Waals surface area contributed by atoms with Crippen LogP contribution >= 0.6 is 22.9 Å². The molecular weight excluding hydrogens is 249 g/mol. The summed E-state index contributed by atoms with van der Waals surface area (Å²) in [5.74, 6) is 1.00. The van der Waals surface area contributed by atoms with E-state index >= 15 is 0 Å². The van der Waals surface area contributed by atoms with Crippen LogP contribution in [-0.4, -0.2) is 16.2 Å². The lowest BCUT2D eigenvalue weighted by Crippen LogP contribution is -2.48. The van der Waals surface area contributed by atoms with Gasteiger partial charge in [-0.2, -0.15) is 0 Å². The van der Waals surface area contributed by atoms with E-state index in [9.17, 15) is 0 Å². The summed E-state index contributed by atoms with van der Waals surface area (Å²) in [6.07, 6.45) is 5.89. The molecule has 0 bridgehead atoms. The van der Waals surface area contributed by atoms with Crippen LogP contribution in [0.3, 0.4) is 0 Å². The van der Waals surface area contributed by atoms with Crippen molar-refractivity contribution in [1.82, 2.24) is 3.11 Å². The lowest BCUT2D eigenvalue weighted by Gasteiger charge is -2.52. The van der Waals surface area contributed by atoms with Gasteiger partial charge in [-0.3, -0.25) is 0 Å². The van der Waals surface area contributed by atoms with Crippen LogP contribution < -0.4 is 0 Å². The van der Waals surface area contributed by atoms with Crippen molar-refractivity contribution >= 4 is 22.9 Å². The Balaban J connectivity index is 2.01. The predicted molar refractivity (Wildman–Crippen MR) is 55.7 cm³/mol. The van der Waals surface area contributed by atoms with Crippen molar-refractivity contribution in [3.05, 3.63) is 0 Å². The van der Waals surface area contributed by atoms with Gasteiger partial charge in [0, 0.05) is 36.0 Å². The maximum Gasteiger partial charge on any atom is 0.0201 e. The third-order valence-corrected chi connectivity index (χ3v) is 4.51. The molecule has 2 aliphatic rings. The van der Waals surface area contributed by atoms with E-state index in [1.807, 2.05) is 0 Å². The van der Waals surface area contributed by atoms with Gasteiger partial charge in [-0.05, 0) is 37.0 Å². The molecule has 2 heteroatoms. The van der Waals surface area contributed by atoms with Gasteiger partial charge in [-0.25, -0.2) is 3.11 Å². The fourth-order valence-corrected chi connectivity index (χ4v) is 3.57. The Bertz CT molecular complexity index is 160. The predicted octanol–water partition coefficient (Wildman–Crippen LogP) is 2.85. The summed E-state index contributed by atoms with van der Waals surface area (Å²) < 4.78 is 2.48. The van der Waals surface area contributed by atoms with Crippen molar-refractivity contribution in [2.75, 3.05) is 13.1 Å². The number of rotatable bonds is 0. The number of halogens is 1. The number of hydrogen-bond donors (Lipinski definition) is 0. The molecular formula is C9H16IN. The van der Waals surface area contributed by atoms with E-state index in [0.717, 1.165) is 11.3 Å². The van der Waals surface area contributed by atoms with Gasteiger partial charge in [0.15, 0.2) is 0 Å². The normalized spacial score (nSPS) is 45.8. The van der Waals surface area contributed by atoms with Crippen molar-refractivity contribution < 1.29 is 0 Å². The van der Waals surface area contributed by atoms with Gasteiger partial charge < -0.3 is 0 Å². The van der Waals surface area contributed by atoms with Crippen LogP contribution in [0.5, 0.6) is 0 Å². The van der Waals surface area contributed by atoms with Crippen LogP contribution in [-0.2, 0) is 0 Å². The molecule has 0 aromatic carbocycles. The molecule has 2 rings (SSSR count). The number of hydrogen-bond acceptors (Lipinski definition) is 1. The van der Waals surface area contributed by atoms with E-state index in [1.54, 1.807) is 0 Å². The van der Waals surface area contributed by atoms with Crippen LogP contribution in [0.1, 0.15) is 32.6 Å². The summed E-state index contributed by atoms with van der Waals surface area (Å²) >= 11 is 2.48. The Labute approximate surface area is 83.0 Å². The number of piperidine rings is 1. The summed E-state index contributed by atoms with van der Waals surface area (Å²) in [7, 11) is 0. The Kier molecular flexibility index (Phi) is 2.17. The second kappa shape index (κ2) is 2.87. The Morgan fingerprint density at radius 2 is 2.27 bits per heavy atom. The van der Waals surface area contributed by atoms with E-state index in [2.05, 4.69) is 32.9 Å². The highest BCUT2D eigenvalue weighted by molar-refractivity contribution is 14.1. The zero-order chi connectivity index (χ0) is 7.90. The first-order chi connectivity index (χ1) is 5.23. The summed E-state index contributed by atoms with van der Waals surface area (Å²) in [6.45, 7) is 5.10. The van der Waals surface area contributed by atoms with Gasteiger partial charge in [0.1, 0.15) is 0 Å². The van der Waals surface area contributed by atoms with E-state index in [-0.39, 0.29) is 0 Å². The van der Waals surface area contributed by atoms with E-state index in [4.69, 9.17) is 0 Å². The minimum atomic E-state index is 0.749. The molecule has 1 aliphatic carbocycles. The van der Waals surface area contributed by atoms with E-state index in [1.165, 1.54) is 38.8 Å².